The average Bonchev–Trinajstić information content (AvgIpc) is 2.93. The van der Waals surface area contributed by atoms with E-state index in [9.17, 15) is 0 Å². The zero-order valence-corrected chi connectivity index (χ0v) is 13.2. The Balaban J connectivity index is 1.67. The van der Waals surface area contributed by atoms with Crippen LogP contribution in [0.4, 0.5) is 5.82 Å². The average molecular weight is 305 g/mol. The molecule has 0 radical (unpaired) electrons. The molecule has 23 heavy (non-hydrogen) atoms. The van der Waals surface area contributed by atoms with Crippen molar-refractivity contribution in [3.63, 3.8) is 0 Å². The Morgan fingerprint density at radius 3 is 2.48 bits per heavy atom. The van der Waals surface area contributed by atoms with E-state index >= 15 is 0 Å². The minimum atomic E-state index is 0.568. The van der Waals surface area contributed by atoms with Crippen molar-refractivity contribution in [1.29, 1.82) is 0 Å². The smallest absolute Gasteiger partial charge is 0.178 e. The van der Waals surface area contributed by atoms with Crippen LogP contribution in [0.1, 0.15) is 29.7 Å². The van der Waals surface area contributed by atoms with Gasteiger partial charge in [-0.25, -0.2) is 0 Å². The zero-order valence-electron chi connectivity index (χ0n) is 13.2. The first-order valence-corrected chi connectivity index (χ1v) is 7.99. The molecular weight excluding hydrogens is 286 g/mol. The molecule has 0 spiro atoms. The van der Waals surface area contributed by atoms with Crippen molar-refractivity contribution in [1.82, 2.24) is 20.0 Å². The quantitative estimate of drug-likeness (QED) is 0.790. The number of nitrogens with zero attached hydrogens (tertiary/aromatic N) is 4. The second-order valence-corrected chi connectivity index (χ2v) is 6.09. The minimum absolute atomic E-state index is 0.568. The third kappa shape index (κ3) is 2.59. The van der Waals surface area contributed by atoms with Gasteiger partial charge >= 0.3 is 0 Å². The summed E-state index contributed by atoms with van der Waals surface area (Å²) in [5, 5.41) is 13.0. The molecule has 0 unspecified atom stereocenters. The number of rotatable bonds is 2. The van der Waals surface area contributed by atoms with Crippen LogP contribution in [0.15, 0.2) is 36.4 Å². The van der Waals surface area contributed by atoms with E-state index in [2.05, 4.69) is 33.5 Å². The third-order valence-corrected chi connectivity index (χ3v) is 4.37. The summed E-state index contributed by atoms with van der Waals surface area (Å²) < 4.78 is 1.61. The summed E-state index contributed by atoms with van der Waals surface area (Å²) in [5.74, 6) is 1.20. The summed E-state index contributed by atoms with van der Waals surface area (Å²) in [6.07, 6.45) is 4.93. The highest BCUT2D eigenvalue weighted by Crippen LogP contribution is 2.26. The molecule has 0 atom stereocenters. The fourth-order valence-corrected chi connectivity index (χ4v) is 3.19. The van der Waals surface area contributed by atoms with Crippen LogP contribution >= 0.6 is 0 Å². The second-order valence-electron chi connectivity index (χ2n) is 6.09. The van der Waals surface area contributed by atoms with E-state index in [1.54, 1.807) is 4.68 Å². The molecule has 5 heteroatoms. The number of nitrogen functional groups attached to an aromatic ring is 1. The van der Waals surface area contributed by atoms with E-state index in [-0.39, 0.29) is 0 Å². The monoisotopic (exact) mass is 305 g/mol. The summed E-state index contributed by atoms with van der Waals surface area (Å²) in [6, 6.07) is 12.3. The van der Waals surface area contributed by atoms with Crippen molar-refractivity contribution in [2.75, 3.05) is 5.73 Å². The number of nitrogens with two attached hydrogens (primary N) is 1. The van der Waals surface area contributed by atoms with E-state index in [1.165, 1.54) is 30.4 Å². The lowest BCUT2D eigenvalue weighted by molar-refractivity contribution is 0.686. The van der Waals surface area contributed by atoms with Crippen LogP contribution in [0.25, 0.3) is 17.1 Å². The molecule has 1 aromatic carbocycles. The Hall–Kier alpha value is -2.69. The topological polar surface area (TPSA) is 69.6 Å². The van der Waals surface area contributed by atoms with Crippen molar-refractivity contribution in [2.45, 2.75) is 32.6 Å². The number of fused-ring (bicyclic) bond motifs is 1. The van der Waals surface area contributed by atoms with Crippen LogP contribution in [0, 0.1) is 6.92 Å². The number of anilines is 1. The minimum Gasteiger partial charge on any atom is -0.384 e. The highest BCUT2D eigenvalue weighted by molar-refractivity contribution is 5.61. The standard InChI is InChI=1S/C18H19N5/c1-12-10-17(19)23(22-12)18-9-8-16(20-21-18)15-7-6-13-4-2-3-5-14(13)11-15/h6-11H,2-5,19H2,1H3. The number of aryl methyl sites for hydroxylation is 3. The summed E-state index contributed by atoms with van der Waals surface area (Å²) in [6.45, 7) is 1.90. The van der Waals surface area contributed by atoms with Crippen LogP contribution in [-0.4, -0.2) is 20.0 Å². The summed E-state index contributed by atoms with van der Waals surface area (Å²) in [5.41, 5.74) is 11.7. The normalized spacial score (nSPS) is 13.8. The molecule has 2 aromatic heterocycles. The molecule has 0 bridgehead atoms. The first-order valence-electron chi connectivity index (χ1n) is 7.99. The molecule has 2 N–H and O–H groups in total. The Morgan fingerprint density at radius 1 is 0.957 bits per heavy atom. The Morgan fingerprint density at radius 2 is 1.78 bits per heavy atom. The summed E-state index contributed by atoms with van der Waals surface area (Å²) in [4.78, 5) is 0. The van der Waals surface area contributed by atoms with Gasteiger partial charge < -0.3 is 5.73 Å². The molecule has 0 saturated heterocycles. The maximum Gasteiger partial charge on any atom is 0.178 e. The van der Waals surface area contributed by atoms with Gasteiger partial charge in [0.2, 0.25) is 0 Å². The van der Waals surface area contributed by atoms with Crippen LogP contribution in [0.2, 0.25) is 0 Å². The molecule has 116 valence electrons. The van der Waals surface area contributed by atoms with Gasteiger partial charge in [-0.15, -0.1) is 10.2 Å². The second kappa shape index (κ2) is 5.50. The maximum absolute atomic E-state index is 5.93. The van der Waals surface area contributed by atoms with Gasteiger partial charge in [0, 0.05) is 11.6 Å². The van der Waals surface area contributed by atoms with Crippen LogP contribution in [0.3, 0.4) is 0 Å². The third-order valence-electron chi connectivity index (χ3n) is 4.37. The van der Waals surface area contributed by atoms with E-state index in [0.29, 0.717) is 11.6 Å². The number of aromatic nitrogens is 4. The molecule has 5 nitrogen and oxygen atoms in total. The van der Waals surface area contributed by atoms with Crippen molar-refractivity contribution in [3.8, 4) is 17.1 Å². The molecular formula is C18H19N5. The highest BCUT2D eigenvalue weighted by Gasteiger charge is 2.12. The van der Waals surface area contributed by atoms with Gasteiger partial charge in [0.15, 0.2) is 5.82 Å². The maximum atomic E-state index is 5.93. The van der Waals surface area contributed by atoms with Gasteiger partial charge in [-0.3, -0.25) is 0 Å². The fraction of sp³-hybridized carbons (Fsp3) is 0.278. The van der Waals surface area contributed by atoms with Crippen molar-refractivity contribution >= 4 is 5.82 Å². The lowest BCUT2D eigenvalue weighted by Crippen LogP contribution is -2.06. The molecule has 0 aliphatic heterocycles. The molecule has 3 aromatic rings. The molecule has 0 amide bonds. The van der Waals surface area contributed by atoms with Gasteiger partial charge in [0.05, 0.1) is 11.4 Å². The predicted molar refractivity (Wildman–Crippen MR) is 90.4 cm³/mol. The molecule has 2 heterocycles. The molecule has 4 rings (SSSR count). The van der Waals surface area contributed by atoms with Crippen molar-refractivity contribution in [3.05, 3.63) is 53.2 Å². The highest BCUT2D eigenvalue weighted by atomic mass is 15.4. The zero-order chi connectivity index (χ0) is 15.8. The van der Waals surface area contributed by atoms with Gasteiger partial charge in [-0.05, 0) is 61.9 Å². The van der Waals surface area contributed by atoms with Crippen LogP contribution in [-0.2, 0) is 12.8 Å². The van der Waals surface area contributed by atoms with E-state index in [1.807, 2.05) is 25.1 Å². The molecule has 0 saturated carbocycles. The van der Waals surface area contributed by atoms with E-state index in [0.717, 1.165) is 23.4 Å². The SMILES string of the molecule is Cc1cc(N)n(-c2ccc(-c3ccc4c(c3)CCCC4)nn2)n1. The predicted octanol–water partition coefficient (Wildman–Crippen LogP) is 3.10. The van der Waals surface area contributed by atoms with E-state index in [4.69, 9.17) is 5.73 Å². The summed E-state index contributed by atoms with van der Waals surface area (Å²) in [7, 11) is 0. The number of benzene rings is 1. The van der Waals surface area contributed by atoms with Crippen molar-refractivity contribution < 1.29 is 0 Å². The molecule has 1 aliphatic rings. The summed E-state index contributed by atoms with van der Waals surface area (Å²) >= 11 is 0. The van der Waals surface area contributed by atoms with Gasteiger partial charge in [-0.2, -0.15) is 9.78 Å². The molecule has 1 aliphatic carbocycles. The van der Waals surface area contributed by atoms with E-state index < -0.39 is 0 Å². The Labute approximate surface area is 135 Å². The van der Waals surface area contributed by atoms with Gasteiger partial charge in [0.1, 0.15) is 5.82 Å². The fourth-order valence-electron chi connectivity index (χ4n) is 3.19. The Kier molecular flexibility index (Phi) is 3.33. The van der Waals surface area contributed by atoms with Crippen molar-refractivity contribution in [2.24, 2.45) is 0 Å². The van der Waals surface area contributed by atoms with Crippen LogP contribution < -0.4 is 5.73 Å². The number of hydrogen-bond donors (Lipinski definition) is 1. The van der Waals surface area contributed by atoms with Gasteiger partial charge in [0.25, 0.3) is 0 Å². The Bertz CT molecular complexity index is 848. The van der Waals surface area contributed by atoms with Crippen LogP contribution in [0.5, 0.6) is 0 Å². The first kappa shape index (κ1) is 13.9. The largest absolute Gasteiger partial charge is 0.384 e. The molecule has 0 fully saturated rings. The lowest BCUT2D eigenvalue weighted by Gasteiger charge is -2.16. The first-order chi connectivity index (χ1) is 11.2. The number of hydrogen-bond acceptors (Lipinski definition) is 4. The lowest BCUT2D eigenvalue weighted by atomic mass is 9.90. The van der Waals surface area contributed by atoms with Gasteiger partial charge in [-0.1, -0.05) is 12.1 Å².